The molecule has 0 aliphatic heterocycles. The molecule has 0 amide bonds. The average molecular weight is 259 g/mol. The molecule has 1 aromatic rings. The molecule has 3 nitrogen and oxygen atoms in total. The molecule has 1 aromatic heterocycles. The first kappa shape index (κ1) is 11.0. The third kappa shape index (κ3) is 3.03. The Morgan fingerprint density at radius 2 is 2.50 bits per heavy atom. The molecule has 4 heteroatoms. The number of hydrogen-bond acceptors (Lipinski definition) is 3. The van der Waals surface area contributed by atoms with Crippen LogP contribution in [0.25, 0.3) is 5.57 Å². The van der Waals surface area contributed by atoms with E-state index in [1.807, 2.05) is 0 Å². The van der Waals surface area contributed by atoms with Gasteiger partial charge in [-0.05, 0) is 19.1 Å². The van der Waals surface area contributed by atoms with Gasteiger partial charge in [0.2, 0.25) is 0 Å². The lowest BCUT2D eigenvalue weighted by Crippen LogP contribution is -2.01. The molecule has 0 fully saturated rings. The molecule has 0 atom stereocenters. The summed E-state index contributed by atoms with van der Waals surface area (Å²) in [6, 6.07) is 3.57. The predicted molar refractivity (Wildman–Crippen MR) is 57.1 cm³/mol. The molecular formula is C10H11BrO3. The number of rotatable bonds is 4. The Hall–Kier alpha value is -1.03. The van der Waals surface area contributed by atoms with Crippen molar-refractivity contribution in [3.63, 3.8) is 0 Å². The van der Waals surface area contributed by atoms with Crippen molar-refractivity contribution in [3.05, 3.63) is 30.2 Å². The van der Waals surface area contributed by atoms with Gasteiger partial charge in [0.1, 0.15) is 5.76 Å². The van der Waals surface area contributed by atoms with E-state index in [1.54, 1.807) is 25.3 Å². The standard InChI is InChI=1S/C10H11BrO3/c1-2-13-10(12)6-8(7-11)9-4-3-5-14-9/h3-6H,2,7H2,1H3/b8-6+. The van der Waals surface area contributed by atoms with E-state index >= 15 is 0 Å². The third-order valence-corrected chi connectivity index (χ3v) is 2.16. The van der Waals surface area contributed by atoms with Gasteiger partial charge in [-0.3, -0.25) is 0 Å². The Labute approximate surface area is 90.9 Å². The zero-order chi connectivity index (χ0) is 10.4. The number of carbonyl (C=O) groups excluding carboxylic acids is 1. The highest BCUT2D eigenvalue weighted by atomic mass is 79.9. The van der Waals surface area contributed by atoms with Crippen molar-refractivity contribution in [2.24, 2.45) is 0 Å². The van der Waals surface area contributed by atoms with E-state index in [0.29, 0.717) is 17.7 Å². The van der Waals surface area contributed by atoms with Gasteiger partial charge in [0, 0.05) is 17.0 Å². The summed E-state index contributed by atoms with van der Waals surface area (Å²) in [4.78, 5) is 11.1. The fourth-order valence-corrected chi connectivity index (χ4v) is 1.40. The first-order chi connectivity index (χ1) is 6.77. The number of hydrogen-bond donors (Lipinski definition) is 0. The maximum absolute atomic E-state index is 11.1. The molecule has 0 spiro atoms. The van der Waals surface area contributed by atoms with Gasteiger partial charge in [0.15, 0.2) is 0 Å². The highest BCUT2D eigenvalue weighted by Crippen LogP contribution is 2.17. The molecule has 14 heavy (non-hydrogen) atoms. The summed E-state index contributed by atoms with van der Waals surface area (Å²) >= 11 is 3.28. The molecule has 76 valence electrons. The third-order valence-electron chi connectivity index (χ3n) is 1.56. The first-order valence-corrected chi connectivity index (χ1v) is 5.37. The van der Waals surface area contributed by atoms with Gasteiger partial charge >= 0.3 is 5.97 Å². The van der Waals surface area contributed by atoms with Crippen molar-refractivity contribution in [2.75, 3.05) is 11.9 Å². The van der Waals surface area contributed by atoms with Crippen LogP contribution in [0.1, 0.15) is 12.7 Å². The van der Waals surface area contributed by atoms with Gasteiger partial charge in [0.05, 0.1) is 12.9 Å². The number of halogens is 1. The van der Waals surface area contributed by atoms with Crippen LogP contribution >= 0.6 is 15.9 Å². The van der Waals surface area contributed by atoms with Gasteiger partial charge in [-0.1, -0.05) is 15.9 Å². The van der Waals surface area contributed by atoms with Crippen LogP contribution in [0.3, 0.4) is 0 Å². The quantitative estimate of drug-likeness (QED) is 0.474. The Kier molecular flexibility index (Phi) is 4.46. The molecule has 0 N–H and O–H groups in total. The number of allylic oxidation sites excluding steroid dienone is 1. The summed E-state index contributed by atoms with van der Waals surface area (Å²) < 4.78 is 9.95. The molecule has 1 rings (SSSR count). The minimum absolute atomic E-state index is 0.349. The van der Waals surface area contributed by atoms with Crippen LogP contribution in [-0.4, -0.2) is 17.9 Å². The SMILES string of the molecule is CCOC(=O)/C=C(\CBr)c1ccco1. The molecule has 0 bridgehead atoms. The lowest BCUT2D eigenvalue weighted by atomic mass is 10.2. The molecule has 0 aromatic carbocycles. The van der Waals surface area contributed by atoms with Gasteiger partial charge in [-0.2, -0.15) is 0 Å². The lowest BCUT2D eigenvalue weighted by molar-refractivity contribution is -0.137. The summed E-state index contributed by atoms with van der Waals surface area (Å²) in [6.07, 6.45) is 2.99. The van der Waals surface area contributed by atoms with E-state index in [1.165, 1.54) is 6.08 Å². The zero-order valence-corrected chi connectivity index (χ0v) is 9.41. The fraction of sp³-hybridized carbons (Fsp3) is 0.300. The van der Waals surface area contributed by atoms with Crippen molar-refractivity contribution < 1.29 is 13.9 Å². The average Bonchev–Trinajstić information content (AvgIpc) is 2.67. The monoisotopic (exact) mass is 258 g/mol. The van der Waals surface area contributed by atoms with Crippen LogP contribution in [0.5, 0.6) is 0 Å². The molecule has 0 saturated carbocycles. The normalized spacial score (nSPS) is 11.4. The fourth-order valence-electron chi connectivity index (χ4n) is 0.963. The van der Waals surface area contributed by atoms with Crippen LogP contribution in [0, 0.1) is 0 Å². The largest absolute Gasteiger partial charge is 0.465 e. The van der Waals surface area contributed by atoms with Crippen LogP contribution in [-0.2, 0) is 9.53 Å². The summed E-state index contributed by atoms with van der Waals surface area (Å²) in [5, 5.41) is 0.555. The highest BCUT2D eigenvalue weighted by Gasteiger charge is 2.06. The number of alkyl halides is 1. The molecule has 0 radical (unpaired) electrons. The highest BCUT2D eigenvalue weighted by molar-refractivity contribution is 9.09. The number of ether oxygens (including phenoxy) is 1. The van der Waals surface area contributed by atoms with E-state index < -0.39 is 0 Å². The molecule has 0 aliphatic carbocycles. The molecular weight excluding hydrogens is 248 g/mol. The Morgan fingerprint density at radius 3 is 3.00 bits per heavy atom. The number of furan rings is 1. The van der Waals surface area contributed by atoms with Crippen LogP contribution < -0.4 is 0 Å². The van der Waals surface area contributed by atoms with Crippen molar-refractivity contribution in [1.29, 1.82) is 0 Å². The Morgan fingerprint density at radius 1 is 1.71 bits per heavy atom. The van der Waals surface area contributed by atoms with Gasteiger partial charge in [0.25, 0.3) is 0 Å². The Bertz CT molecular complexity index is 314. The minimum atomic E-state index is -0.349. The molecule has 0 saturated heterocycles. The number of esters is 1. The van der Waals surface area contributed by atoms with Crippen LogP contribution in [0.2, 0.25) is 0 Å². The number of carbonyl (C=O) groups is 1. The second-order valence-corrected chi connectivity index (χ2v) is 3.09. The van der Waals surface area contributed by atoms with Crippen molar-refractivity contribution in [3.8, 4) is 0 Å². The smallest absolute Gasteiger partial charge is 0.331 e. The van der Waals surface area contributed by atoms with Crippen molar-refractivity contribution in [2.45, 2.75) is 6.92 Å². The maximum Gasteiger partial charge on any atom is 0.331 e. The van der Waals surface area contributed by atoms with E-state index in [9.17, 15) is 4.79 Å². The summed E-state index contributed by atoms with van der Waals surface area (Å²) in [5.41, 5.74) is 0.772. The van der Waals surface area contributed by atoms with E-state index in [4.69, 9.17) is 9.15 Å². The molecule has 0 unspecified atom stereocenters. The van der Waals surface area contributed by atoms with Crippen molar-refractivity contribution >= 4 is 27.5 Å². The maximum atomic E-state index is 11.1. The lowest BCUT2D eigenvalue weighted by Gasteiger charge is -1.99. The van der Waals surface area contributed by atoms with E-state index in [2.05, 4.69) is 15.9 Å². The second-order valence-electron chi connectivity index (χ2n) is 2.53. The summed E-state index contributed by atoms with van der Waals surface area (Å²) in [5.74, 6) is 0.327. The predicted octanol–water partition coefficient (Wildman–Crippen LogP) is 2.62. The van der Waals surface area contributed by atoms with Crippen LogP contribution in [0.15, 0.2) is 28.9 Å². The second kappa shape index (κ2) is 5.65. The van der Waals surface area contributed by atoms with Gasteiger partial charge in [-0.25, -0.2) is 4.79 Å². The van der Waals surface area contributed by atoms with Gasteiger partial charge < -0.3 is 9.15 Å². The zero-order valence-electron chi connectivity index (χ0n) is 7.83. The Balaban J connectivity index is 2.76. The minimum Gasteiger partial charge on any atom is -0.465 e. The summed E-state index contributed by atoms with van der Waals surface area (Å²) in [6.45, 7) is 2.15. The van der Waals surface area contributed by atoms with Crippen molar-refractivity contribution in [1.82, 2.24) is 0 Å². The molecule has 1 heterocycles. The van der Waals surface area contributed by atoms with Gasteiger partial charge in [-0.15, -0.1) is 0 Å². The summed E-state index contributed by atoms with van der Waals surface area (Å²) in [7, 11) is 0. The first-order valence-electron chi connectivity index (χ1n) is 4.25. The van der Waals surface area contributed by atoms with E-state index in [-0.39, 0.29) is 5.97 Å². The van der Waals surface area contributed by atoms with Crippen LogP contribution in [0.4, 0.5) is 0 Å². The van der Waals surface area contributed by atoms with E-state index in [0.717, 1.165) is 5.57 Å². The topological polar surface area (TPSA) is 39.4 Å². The molecule has 0 aliphatic rings.